The molecule has 1 atom stereocenters. The van der Waals surface area contributed by atoms with Crippen molar-refractivity contribution in [3.63, 3.8) is 0 Å². The summed E-state index contributed by atoms with van der Waals surface area (Å²) in [6, 6.07) is 13.0. The number of nitrogens with zero attached hydrogens (tertiary/aromatic N) is 1. The van der Waals surface area contributed by atoms with Gasteiger partial charge in [0.2, 0.25) is 0 Å². The average Bonchev–Trinajstić information content (AvgIpc) is 2.86. The highest BCUT2D eigenvalue weighted by Crippen LogP contribution is 2.39. The number of carboxylic acid groups (broad SMARTS) is 1. The van der Waals surface area contributed by atoms with Crippen molar-refractivity contribution in [1.29, 1.82) is 0 Å². The monoisotopic (exact) mass is 480 g/mol. The molecule has 1 saturated carbocycles. The van der Waals surface area contributed by atoms with Crippen molar-refractivity contribution in [1.82, 2.24) is 0 Å². The molecule has 0 bridgehead atoms. The number of ether oxygens (including phenoxy) is 2. The molecule has 2 aliphatic rings. The average molecular weight is 481 g/mol. The zero-order chi connectivity index (χ0) is 24.8. The van der Waals surface area contributed by atoms with Gasteiger partial charge in [0, 0.05) is 24.3 Å². The van der Waals surface area contributed by atoms with Crippen LogP contribution in [0.15, 0.2) is 36.4 Å². The van der Waals surface area contributed by atoms with Crippen LogP contribution in [0.3, 0.4) is 0 Å². The van der Waals surface area contributed by atoms with E-state index in [0.29, 0.717) is 25.2 Å². The topological polar surface area (TPSA) is 71.0 Å². The summed E-state index contributed by atoms with van der Waals surface area (Å²) in [6.07, 6.45) is 7.23. The first-order chi connectivity index (χ1) is 16.9. The molecule has 0 spiro atoms. The van der Waals surface area contributed by atoms with E-state index >= 15 is 0 Å². The maximum absolute atomic E-state index is 11.5. The summed E-state index contributed by atoms with van der Waals surface area (Å²) in [5, 5.41) is 13.1. The molecule has 6 heteroatoms. The van der Waals surface area contributed by atoms with Gasteiger partial charge in [0.05, 0.1) is 17.8 Å². The van der Waals surface area contributed by atoms with Crippen molar-refractivity contribution in [3.05, 3.63) is 42.0 Å². The van der Waals surface area contributed by atoms with Gasteiger partial charge in [0.15, 0.2) is 11.5 Å². The molecule has 35 heavy (non-hydrogen) atoms. The third-order valence-electron chi connectivity index (χ3n) is 7.11. The van der Waals surface area contributed by atoms with Gasteiger partial charge in [-0.05, 0) is 60.9 Å². The zero-order valence-electron chi connectivity index (χ0n) is 21.4. The highest BCUT2D eigenvalue weighted by molar-refractivity contribution is 5.78. The third-order valence-corrected chi connectivity index (χ3v) is 7.11. The lowest BCUT2D eigenvalue weighted by atomic mass is 9.90. The number of fused-ring (bicyclic) bond motifs is 1. The first kappa shape index (κ1) is 25.2. The maximum Gasteiger partial charge on any atom is 0.303 e. The second-order valence-corrected chi connectivity index (χ2v) is 10.3. The minimum absolute atomic E-state index is 0.0180. The van der Waals surface area contributed by atoms with Crippen LogP contribution >= 0.6 is 0 Å². The molecule has 1 aliphatic heterocycles. The fourth-order valence-electron chi connectivity index (χ4n) is 5.37. The summed E-state index contributed by atoms with van der Waals surface area (Å²) in [6.45, 7) is 8.72. The van der Waals surface area contributed by atoms with Gasteiger partial charge in [-0.1, -0.05) is 46.1 Å². The van der Waals surface area contributed by atoms with Crippen molar-refractivity contribution in [2.75, 3.05) is 30.0 Å². The summed E-state index contributed by atoms with van der Waals surface area (Å²) in [7, 11) is 0. The Morgan fingerprint density at radius 1 is 1.06 bits per heavy atom. The van der Waals surface area contributed by atoms with Crippen LogP contribution in [0.5, 0.6) is 11.5 Å². The predicted octanol–water partition coefficient (Wildman–Crippen LogP) is 6.96. The summed E-state index contributed by atoms with van der Waals surface area (Å²) in [5.74, 6) is 1.28. The van der Waals surface area contributed by atoms with E-state index in [9.17, 15) is 9.90 Å². The van der Waals surface area contributed by atoms with Crippen LogP contribution in [-0.4, -0.2) is 36.9 Å². The third kappa shape index (κ3) is 6.41. The van der Waals surface area contributed by atoms with Gasteiger partial charge in [-0.3, -0.25) is 4.79 Å². The molecule has 1 unspecified atom stereocenters. The molecule has 0 radical (unpaired) electrons. The summed E-state index contributed by atoms with van der Waals surface area (Å²) in [5.41, 5.74) is 4.21. The van der Waals surface area contributed by atoms with Gasteiger partial charge in [0.1, 0.15) is 13.2 Å². The van der Waals surface area contributed by atoms with Crippen LogP contribution < -0.4 is 19.7 Å². The van der Waals surface area contributed by atoms with Crippen LogP contribution in [0.4, 0.5) is 17.1 Å². The Kier molecular flexibility index (Phi) is 8.42. The number of anilines is 3. The van der Waals surface area contributed by atoms with Crippen LogP contribution in [-0.2, 0) is 4.79 Å². The minimum Gasteiger partial charge on any atom is -0.486 e. The number of carbonyl (C=O) groups is 1. The second-order valence-electron chi connectivity index (χ2n) is 10.3. The first-order valence-electron chi connectivity index (χ1n) is 13.2. The Labute approximate surface area is 209 Å². The molecule has 1 heterocycles. The summed E-state index contributed by atoms with van der Waals surface area (Å²) >= 11 is 0. The molecule has 6 nitrogen and oxygen atoms in total. The smallest absolute Gasteiger partial charge is 0.303 e. The van der Waals surface area contributed by atoms with E-state index < -0.39 is 5.97 Å². The number of carboxylic acids is 1. The Morgan fingerprint density at radius 2 is 1.80 bits per heavy atom. The van der Waals surface area contributed by atoms with Crippen LogP contribution in [0.2, 0.25) is 0 Å². The zero-order valence-corrected chi connectivity index (χ0v) is 21.4. The van der Waals surface area contributed by atoms with Crippen molar-refractivity contribution >= 4 is 23.0 Å². The van der Waals surface area contributed by atoms with Crippen LogP contribution in [0.25, 0.3) is 0 Å². The fraction of sp³-hybridized carbons (Fsp3) is 0.552. The number of aliphatic carboxylic acids is 1. The normalized spacial score (nSPS) is 16.7. The molecule has 0 aromatic heterocycles. The Balaban J connectivity index is 1.73. The van der Waals surface area contributed by atoms with E-state index in [1.165, 1.54) is 37.8 Å². The minimum atomic E-state index is -0.758. The largest absolute Gasteiger partial charge is 0.486 e. The van der Waals surface area contributed by atoms with Crippen molar-refractivity contribution in [2.45, 2.75) is 77.7 Å². The van der Waals surface area contributed by atoms with Gasteiger partial charge in [-0.15, -0.1) is 0 Å². The molecule has 1 fully saturated rings. The summed E-state index contributed by atoms with van der Waals surface area (Å²) < 4.78 is 11.5. The number of rotatable bonds is 10. The molecule has 0 saturated heterocycles. The van der Waals surface area contributed by atoms with E-state index in [1.807, 2.05) is 18.2 Å². The Bertz CT molecular complexity index is 1000. The predicted molar refractivity (Wildman–Crippen MR) is 141 cm³/mol. The molecule has 190 valence electrons. The fourth-order valence-corrected chi connectivity index (χ4v) is 5.37. The molecular weight excluding hydrogens is 440 g/mol. The quantitative estimate of drug-likeness (QED) is 0.383. The number of hydrogen-bond acceptors (Lipinski definition) is 5. The highest BCUT2D eigenvalue weighted by atomic mass is 16.6. The molecule has 2 N–H and O–H groups in total. The molecule has 0 amide bonds. The number of nitrogens with one attached hydrogen (secondary N) is 1. The lowest BCUT2D eigenvalue weighted by Gasteiger charge is -2.39. The molecule has 1 aliphatic carbocycles. The molecular formula is C29H40N2O4. The maximum atomic E-state index is 11.5. The van der Waals surface area contributed by atoms with Gasteiger partial charge in [-0.2, -0.15) is 0 Å². The van der Waals surface area contributed by atoms with Gasteiger partial charge in [0.25, 0.3) is 0 Å². The highest BCUT2D eigenvalue weighted by Gasteiger charge is 2.25. The van der Waals surface area contributed by atoms with E-state index in [4.69, 9.17) is 9.47 Å². The van der Waals surface area contributed by atoms with E-state index in [0.717, 1.165) is 41.4 Å². The van der Waals surface area contributed by atoms with Crippen molar-refractivity contribution in [2.24, 2.45) is 5.92 Å². The number of hydrogen-bond donors (Lipinski definition) is 2. The lowest BCUT2D eigenvalue weighted by Crippen LogP contribution is -2.39. The second kappa shape index (κ2) is 11.7. The number of benzene rings is 2. The first-order valence-corrected chi connectivity index (χ1v) is 13.2. The van der Waals surface area contributed by atoms with Gasteiger partial charge >= 0.3 is 5.97 Å². The summed E-state index contributed by atoms with van der Waals surface area (Å²) in [4.78, 5) is 14.1. The van der Waals surface area contributed by atoms with Crippen LogP contribution in [0, 0.1) is 5.92 Å². The van der Waals surface area contributed by atoms with Crippen molar-refractivity contribution in [3.8, 4) is 11.5 Å². The lowest BCUT2D eigenvalue weighted by molar-refractivity contribution is -0.137. The SMILES string of the molecule is CCC(CC(=O)O)c1ccc(N(CC(C)C)C2CCCCC2)c(Nc2ccc3c(c2)OCCO3)c1. The van der Waals surface area contributed by atoms with Crippen LogP contribution in [0.1, 0.15) is 77.2 Å². The Hall–Kier alpha value is -2.89. The molecule has 2 aromatic carbocycles. The van der Waals surface area contributed by atoms with Gasteiger partial charge in [-0.25, -0.2) is 0 Å². The van der Waals surface area contributed by atoms with Crippen molar-refractivity contribution < 1.29 is 19.4 Å². The van der Waals surface area contributed by atoms with E-state index in [-0.39, 0.29) is 12.3 Å². The Morgan fingerprint density at radius 3 is 2.49 bits per heavy atom. The molecule has 4 rings (SSSR count). The van der Waals surface area contributed by atoms with Gasteiger partial charge < -0.3 is 24.8 Å². The van der Waals surface area contributed by atoms with E-state index in [2.05, 4.69) is 49.2 Å². The molecule has 2 aromatic rings. The standard InChI is InChI=1S/C29H40N2O4/c1-4-21(17-29(32)33)22-10-12-26(31(19-20(2)3)24-8-6-5-7-9-24)25(16-22)30-23-11-13-27-28(18-23)35-15-14-34-27/h10-13,16,18,20-21,24,30H,4-9,14-15,17,19H2,1-3H3,(H,32,33). The van der Waals surface area contributed by atoms with E-state index in [1.54, 1.807) is 0 Å².